The lowest BCUT2D eigenvalue weighted by Crippen LogP contribution is -2.51. The number of piperidine rings is 1. The van der Waals surface area contributed by atoms with Gasteiger partial charge in [0, 0.05) is 19.0 Å². The first-order chi connectivity index (χ1) is 12.8. The first-order valence-corrected chi connectivity index (χ1v) is 11.6. The monoisotopic (exact) mass is 394 g/mol. The van der Waals surface area contributed by atoms with Crippen molar-refractivity contribution in [2.45, 2.75) is 50.5 Å². The number of ether oxygens (including phenoxy) is 1. The topological polar surface area (TPSA) is 75.7 Å². The van der Waals surface area contributed by atoms with Gasteiger partial charge in [0.15, 0.2) is 0 Å². The maximum Gasteiger partial charge on any atom is 0.223 e. The van der Waals surface area contributed by atoms with Crippen molar-refractivity contribution in [2.24, 2.45) is 5.92 Å². The van der Waals surface area contributed by atoms with Crippen LogP contribution in [0.3, 0.4) is 0 Å². The van der Waals surface area contributed by atoms with E-state index in [-0.39, 0.29) is 17.4 Å². The molecule has 0 bridgehead atoms. The molecule has 2 aliphatic rings. The van der Waals surface area contributed by atoms with Crippen LogP contribution < -0.4 is 10.1 Å². The van der Waals surface area contributed by atoms with Crippen molar-refractivity contribution in [2.75, 3.05) is 26.5 Å². The Morgan fingerprint density at radius 3 is 2.22 bits per heavy atom. The summed E-state index contributed by atoms with van der Waals surface area (Å²) in [6.45, 7) is 0.846. The van der Waals surface area contributed by atoms with Gasteiger partial charge >= 0.3 is 0 Å². The predicted octanol–water partition coefficient (Wildman–Crippen LogP) is 2.64. The van der Waals surface area contributed by atoms with Crippen LogP contribution in [0.4, 0.5) is 0 Å². The fourth-order valence-corrected chi connectivity index (χ4v) is 5.21. The van der Waals surface area contributed by atoms with E-state index < -0.39 is 10.0 Å². The molecule has 27 heavy (non-hydrogen) atoms. The van der Waals surface area contributed by atoms with E-state index in [0.717, 1.165) is 37.0 Å². The van der Waals surface area contributed by atoms with Gasteiger partial charge in [0.25, 0.3) is 0 Å². The summed E-state index contributed by atoms with van der Waals surface area (Å²) in [4.78, 5) is 13.0. The van der Waals surface area contributed by atoms with Crippen LogP contribution in [0.25, 0.3) is 0 Å². The molecule has 1 amide bonds. The lowest BCUT2D eigenvalue weighted by atomic mass is 9.76. The molecule has 0 aromatic heterocycles. The van der Waals surface area contributed by atoms with E-state index in [1.165, 1.54) is 17.0 Å². The van der Waals surface area contributed by atoms with E-state index in [1.54, 1.807) is 7.11 Å². The Labute approximate surface area is 162 Å². The van der Waals surface area contributed by atoms with Crippen LogP contribution in [0.1, 0.15) is 50.5 Å². The Balaban J connectivity index is 1.72. The zero-order valence-electron chi connectivity index (χ0n) is 16.2. The molecule has 1 N–H and O–H groups in total. The highest BCUT2D eigenvalue weighted by Crippen LogP contribution is 2.38. The van der Waals surface area contributed by atoms with Gasteiger partial charge in [-0.1, -0.05) is 31.4 Å². The van der Waals surface area contributed by atoms with Crippen molar-refractivity contribution in [3.05, 3.63) is 29.8 Å². The average Bonchev–Trinajstić information content (AvgIpc) is 2.68. The molecule has 1 saturated carbocycles. The van der Waals surface area contributed by atoms with Gasteiger partial charge in [-0.05, 0) is 43.4 Å². The second kappa shape index (κ2) is 8.19. The highest BCUT2D eigenvalue weighted by molar-refractivity contribution is 7.88. The van der Waals surface area contributed by atoms with E-state index in [4.69, 9.17) is 4.74 Å². The average molecular weight is 395 g/mol. The van der Waals surface area contributed by atoms with Gasteiger partial charge in [-0.3, -0.25) is 4.79 Å². The van der Waals surface area contributed by atoms with Crippen molar-refractivity contribution < 1.29 is 17.9 Å². The molecule has 1 saturated heterocycles. The Morgan fingerprint density at radius 1 is 1.11 bits per heavy atom. The fraction of sp³-hybridized carbons (Fsp3) is 0.650. The molecule has 1 aromatic rings. The zero-order chi connectivity index (χ0) is 19.5. The third kappa shape index (κ3) is 4.63. The van der Waals surface area contributed by atoms with Gasteiger partial charge in [0.05, 0.1) is 18.9 Å². The lowest BCUT2D eigenvalue weighted by molar-refractivity contribution is -0.128. The van der Waals surface area contributed by atoms with Gasteiger partial charge in [-0.2, -0.15) is 0 Å². The number of methoxy groups -OCH3 is 1. The Bertz CT molecular complexity index is 747. The summed E-state index contributed by atoms with van der Waals surface area (Å²) in [6, 6.07) is 8.00. The third-order valence-electron chi connectivity index (χ3n) is 6.01. The molecule has 0 unspecified atom stereocenters. The molecular weight excluding hydrogens is 364 g/mol. The minimum atomic E-state index is -3.17. The molecule has 6 nitrogen and oxygen atoms in total. The number of sulfonamides is 1. The van der Waals surface area contributed by atoms with Crippen LogP contribution >= 0.6 is 0 Å². The number of benzene rings is 1. The molecular formula is C20H30N2O4S. The Morgan fingerprint density at radius 2 is 1.70 bits per heavy atom. The van der Waals surface area contributed by atoms with Crippen LogP contribution in [-0.4, -0.2) is 45.1 Å². The van der Waals surface area contributed by atoms with E-state index in [0.29, 0.717) is 25.9 Å². The maximum absolute atomic E-state index is 13.0. The molecule has 0 radical (unpaired) electrons. The third-order valence-corrected chi connectivity index (χ3v) is 7.31. The molecule has 0 spiro atoms. The summed E-state index contributed by atoms with van der Waals surface area (Å²) >= 11 is 0. The Hall–Kier alpha value is -1.60. The van der Waals surface area contributed by atoms with Crippen molar-refractivity contribution in [3.8, 4) is 5.75 Å². The summed E-state index contributed by atoms with van der Waals surface area (Å²) in [7, 11) is -1.53. The van der Waals surface area contributed by atoms with Gasteiger partial charge in [-0.25, -0.2) is 12.7 Å². The molecule has 2 fully saturated rings. The first-order valence-electron chi connectivity index (χ1n) is 9.76. The molecule has 0 atom stereocenters. The van der Waals surface area contributed by atoms with Gasteiger partial charge in [0.1, 0.15) is 5.75 Å². The number of carbonyl (C=O) groups is 1. The van der Waals surface area contributed by atoms with Crippen LogP contribution in [-0.2, 0) is 20.4 Å². The normalized spacial score (nSPS) is 21.6. The number of nitrogens with one attached hydrogen (secondary N) is 1. The summed E-state index contributed by atoms with van der Waals surface area (Å²) in [5.41, 5.74) is 0.806. The highest BCUT2D eigenvalue weighted by Gasteiger charge is 2.38. The molecule has 1 heterocycles. The largest absolute Gasteiger partial charge is 0.497 e. The van der Waals surface area contributed by atoms with E-state index >= 15 is 0 Å². The molecule has 150 valence electrons. The molecule has 3 rings (SSSR count). The first kappa shape index (κ1) is 20.1. The second-order valence-corrected chi connectivity index (χ2v) is 9.78. The number of carbonyl (C=O) groups excluding carboxylic acids is 1. The standard InChI is InChI=1S/C20H30N2O4S/c1-26-18-8-6-17(7-9-18)20(12-4-3-5-13-20)21-19(23)16-10-14-22(15-11-16)27(2,24)25/h6-9,16H,3-5,10-15H2,1-2H3,(H,21,23). The van der Waals surface area contributed by atoms with E-state index in [9.17, 15) is 13.2 Å². The summed E-state index contributed by atoms with van der Waals surface area (Å²) in [5, 5.41) is 3.36. The summed E-state index contributed by atoms with van der Waals surface area (Å²) < 4.78 is 30.1. The number of hydrogen-bond acceptors (Lipinski definition) is 4. The molecule has 7 heteroatoms. The van der Waals surface area contributed by atoms with Crippen molar-refractivity contribution in [1.82, 2.24) is 9.62 Å². The zero-order valence-corrected chi connectivity index (χ0v) is 17.1. The SMILES string of the molecule is COc1ccc(C2(NC(=O)C3CCN(S(C)(=O)=O)CC3)CCCCC2)cc1. The molecule has 1 aliphatic carbocycles. The summed E-state index contributed by atoms with van der Waals surface area (Å²) in [5.74, 6) is 0.741. The number of rotatable bonds is 5. The fourth-order valence-electron chi connectivity index (χ4n) is 4.34. The highest BCUT2D eigenvalue weighted by atomic mass is 32.2. The maximum atomic E-state index is 13.0. The van der Waals surface area contributed by atoms with Crippen molar-refractivity contribution in [3.63, 3.8) is 0 Å². The van der Waals surface area contributed by atoms with Gasteiger partial charge < -0.3 is 10.1 Å². The van der Waals surface area contributed by atoms with Crippen molar-refractivity contribution >= 4 is 15.9 Å². The minimum Gasteiger partial charge on any atom is -0.497 e. The van der Waals surface area contributed by atoms with Crippen LogP contribution in [0, 0.1) is 5.92 Å². The molecule has 1 aromatic carbocycles. The van der Waals surface area contributed by atoms with Crippen molar-refractivity contribution in [1.29, 1.82) is 0 Å². The van der Waals surface area contributed by atoms with Crippen LogP contribution in [0.15, 0.2) is 24.3 Å². The minimum absolute atomic E-state index is 0.0564. The predicted molar refractivity (Wildman–Crippen MR) is 105 cm³/mol. The number of hydrogen-bond donors (Lipinski definition) is 1. The Kier molecular flexibility index (Phi) is 6.11. The van der Waals surface area contributed by atoms with Gasteiger partial charge in [-0.15, -0.1) is 0 Å². The van der Waals surface area contributed by atoms with Crippen LogP contribution in [0.2, 0.25) is 0 Å². The van der Waals surface area contributed by atoms with Gasteiger partial charge in [0.2, 0.25) is 15.9 Å². The van der Waals surface area contributed by atoms with Crippen LogP contribution in [0.5, 0.6) is 5.75 Å². The van der Waals surface area contributed by atoms with E-state index in [1.807, 2.05) is 12.1 Å². The second-order valence-electron chi connectivity index (χ2n) is 7.80. The molecule has 1 aliphatic heterocycles. The number of amides is 1. The smallest absolute Gasteiger partial charge is 0.223 e. The van der Waals surface area contributed by atoms with E-state index in [2.05, 4.69) is 17.4 Å². The quantitative estimate of drug-likeness (QED) is 0.833. The number of nitrogens with zero attached hydrogens (tertiary/aromatic N) is 1. The lowest BCUT2D eigenvalue weighted by Gasteiger charge is -2.40. The summed E-state index contributed by atoms with van der Waals surface area (Å²) in [6.07, 6.45) is 7.65.